The van der Waals surface area contributed by atoms with E-state index in [0.29, 0.717) is 154 Å². The number of carbonyl (C=O) groups excluding carboxylic acids is 9. The number of thioether (sulfide) groups is 1. The van der Waals surface area contributed by atoms with Crippen LogP contribution < -0.4 is 0 Å². The fourth-order valence-electron chi connectivity index (χ4n) is 15.4. The Morgan fingerprint density at radius 3 is 1.41 bits per heavy atom. The maximum Gasteiger partial charge on any atom is 0.339 e. The second-order valence-corrected chi connectivity index (χ2v) is 33.4. The van der Waals surface area contributed by atoms with Crippen LogP contribution in [0.2, 0.25) is 0 Å². The number of methoxy groups -OCH3 is 3. The fourth-order valence-corrected chi connectivity index (χ4v) is 17.7. The Bertz CT molecular complexity index is 3090. The van der Waals surface area contributed by atoms with Crippen LogP contribution in [0.25, 0.3) is 0 Å². The van der Waals surface area contributed by atoms with E-state index in [0.717, 1.165) is 44.4 Å². The maximum atomic E-state index is 14.9. The minimum atomic E-state index is -3.28. The first-order valence-corrected chi connectivity index (χ1v) is 43.5. The van der Waals surface area contributed by atoms with Crippen LogP contribution in [-0.4, -0.2) is 165 Å². The summed E-state index contributed by atoms with van der Waals surface area (Å²) in [6.07, 6.45) is 32.8. The van der Waals surface area contributed by atoms with Crippen LogP contribution in [0.1, 0.15) is 314 Å². The van der Waals surface area contributed by atoms with E-state index < -0.39 is 77.0 Å². The average molecular weight is 1750 g/mol. The number of Topliss-reactive ketones (excluding diaryl/α,β-unsaturated/α-hetero) is 4. The minimum Gasteiger partial charge on any atom is -0.469 e. The molecule has 2 aliphatic heterocycles. The summed E-state index contributed by atoms with van der Waals surface area (Å²) < 4.78 is 139. The van der Waals surface area contributed by atoms with Gasteiger partial charge in [0.05, 0.1) is 46.8 Å². The SMILES string of the molecule is C.C.C.CC(=O)OO.CCCC/C=C\CC1C(=O)C[C@H]2SC(O)(C(F)(F)CCCC)CC[C@H]12.CCCCC(F)(F)C(=O)CC[C@@H]1C(C/C=C\CCCC(=O)OC)C(=O)C[C@H]1S.CCCCC(F)(F)C(=O)CC[C@H]1C=CC(=O)C1C/C=C\CCCC(=O)OC.CCCCC(F)(F)C1(CC[C@@H]2C(C/C=C\CCCC(=O)OC)C(O)C[C@H]2O)OCCO1. The Morgan fingerprint density at radius 1 is 0.538 bits per heavy atom. The number of thiol groups is 1. The van der Waals surface area contributed by atoms with Gasteiger partial charge in [0, 0.05) is 112 Å². The van der Waals surface area contributed by atoms with Gasteiger partial charge in [-0.2, -0.15) is 35.4 Å². The van der Waals surface area contributed by atoms with E-state index in [1.54, 1.807) is 6.08 Å². The molecular formula is C90H148F8O19S2. The minimum absolute atomic E-state index is 0. The van der Waals surface area contributed by atoms with Gasteiger partial charge < -0.3 is 43.9 Å². The highest BCUT2D eigenvalue weighted by Gasteiger charge is 2.60. The highest BCUT2D eigenvalue weighted by atomic mass is 32.2. The van der Waals surface area contributed by atoms with E-state index >= 15 is 0 Å². The van der Waals surface area contributed by atoms with Crippen LogP contribution in [0.5, 0.6) is 0 Å². The largest absolute Gasteiger partial charge is 0.469 e. The lowest BCUT2D eigenvalue weighted by Gasteiger charge is -2.43. The first kappa shape index (κ1) is 116. The van der Waals surface area contributed by atoms with Gasteiger partial charge in [-0.25, -0.2) is 22.4 Å². The number of hydrogen-bond acceptors (Lipinski definition) is 21. The number of fused-ring (bicyclic) bond motifs is 1. The Labute approximate surface area is 715 Å². The summed E-state index contributed by atoms with van der Waals surface area (Å²) >= 11 is 5.43. The lowest BCUT2D eigenvalue weighted by atomic mass is 9.84. The smallest absolute Gasteiger partial charge is 0.339 e. The molecule has 13 atom stereocenters. The van der Waals surface area contributed by atoms with Crippen molar-refractivity contribution in [3.8, 4) is 0 Å². The van der Waals surface area contributed by atoms with Gasteiger partial charge in [0.2, 0.25) is 17.4 Å². The van der Waals surface area contributed by atoms with Crippen molar-refractivity contribution in [3.05, 3.63) is 60.8 Å². The van der Waals surface area contributed by atoms with Gasteiger partial charge in [-0.05, 0) is 171 Å². The lowest BCUT2D eigenvalue weighted by Crippen LogP contribution is -2.50. The van der Waals surface area contributed by atoms with E-state index in [1.807, 2.05) is 64.2 Å². The third-order valence-electron chi connectivity index (χ3n) is 22.5. The van der Waals surface area contributed by atoms with Crippen LogP contribution >= 0.6 is 24.4 Å². The standard InChI is InChI=1S/C23H38F2O6.C21H32F2O4S.C21H30F2O4.C20H32F2O2S.C2H4O3.3CH4/c1-3-4-12-22(24,25)23(30-14-15-31-23)13-11-18-17(19(26)16-20(18)27)9-7-5-6-8-10-21(28)29-2;1-3-4-13-21(22,23)19(25)12-11-16-15(17(24)14-18(16)28)9-7-5-6-8-10-20(26)27-2;1-3-4-15-21(22,23)19(25)14-12-16-11-13-18(24)17(16)9-7-5-6-8-10-20(26)27-2;1-3-5-7-8-9-10-15-16-11-13-20(24,19(21,22)12-6-4-2)25-18(16)14-17(15)23;1-2(3)5-4;;;/h5,7,17-20,26-27H,3-4,6,8-16H2,1-2H3;5,7,15-16,18,28H,3-4,6,8-14H2,1-2H3;5,7,11,13,16-17H,3-4,6,8-10,12,14-15H2,1-2H3;8-9,15-16,18,24H,3-7,10-14H2,1-2H3;4H,1H3;3*1H4/b3*7-5-;9-8-;;;;/t17?,18-,19?,20-;15?,16-,18-;16-,17?;15?,16-,18-,20?;;;;/m1111..../s1. The van der Waals surface area contributed by atoms with Gasteiger partial charge in [0.15, 0.2) is 10.7 Å². The van der Waals surface area contributed by atoms with Crippen molar-refractivity contribution < 1.29 is 127 Å². The summed E-state index contributed by atoms with van der Waals surface area (Å²) in [5.41, 5.74) is 0. The zero-order valence-electron chi connectivity index (χ0n) is 70.0. The molecule has 2 heterocycles. The number of allylic oxidation sites excluding steroid dienone is 10. The molecule has 29 heteroatoms. The van der Waals surface area contributed by atoms with Crippen molar-refractivity contribution in [2.75, 3.05) is 34.5 Å². The number of hydrogen-bond donors (Lipinski definition) is 5. The predicted octanol–water partition coefficient (Wildman–Crippen LogP) is 21.4. The number of ether oxygens (including phenoxy) is 5. The van der Waals surface area contributed by atoms with Crippen molar-refractivity contribution in [2.24, 2.45) is 47.3 Å². The summed E-state index contributed by atoms with van der Waals surface area (Å²) in [7, 11) is 4.06. The van der Waals surface area contributed by atoms with Crippen molar-refractivity contribution in [1.29, 1.82) is 0 Å². The summed E-state index contributed by atoms with van der Waals surface area (Å²) in [4.78, 5) is 104. The number of carbonyl (C=O) groups is 9. The molecule has 0 amide bonds. The first-order chi connectivity index (χ1) is 54.9. The van der Waals surface area contributed by atoms with Gasteiger partial charge in [-0.15, -0.1) is 11.8 Å². The molecule has 0 aromatic rings. The average Bonchev–Trinajstić information content (AvgIpc) is 1.67. The highest BCUT2D eigenvalue weighted by molar-refractivity contribution is 8.01. The second-order valence-electron chi connectivity index (χ2n) is 31.3. The summed E-state index contributed by atoms with van der Waals surface area (Å²) in [5, 5.41) is 38.4. The molecule has 0 spiro atoms. The summed E-state index contributed by atoms with van der Waals surface area (Å²) in [5.74, 6) is -19.3. The number of halogens is 8. The molecule has 5 fully saturated rings. The molecule has 6 unspecified atom stereocenters. The highest BCUT2D eigenvalue weighted by Crippen LogP contribution is 2.57. The monoisotopic (exact) mass is 1750 g/mol. The van der Waals surface area contributed by atoms with Gasteiger partial charge in [0.1, 0.15) is 11.6 Å². The third kappa shape index (κ3) is 41.0. The van der Waals surface area contributed by atoms with Crippen LogP contribution in [-0.2, 0) is 71.7 Å². The van der Waals surface area contributed by atoms with Gasteiger partial charge in [-0.3, -0.25) is 38.4 Å². The van der Waals surface area contributed by atoms with E-state index in [9.17, 15) is 93.6 Å². The third-order valence-corrected chi connectivity index (χ3v) is 24.8. The Morgan fingerprint density at radius 2 is 0.950 bits per heavy atom. The molecule has 0 bridgehead atoms. The molecule has 6 rings (SSSR count). The van der Waals surface area contributed by atoms with E-state index in [-0.39, 0.29) is 186 Å². The quantitative estimate of drug-likeness (QED) is 0.00553. The second kappa shape index (κ2) is 61.2. The number of aliphatic hydroxyl groups excluding tert-OH is 2. The topological polar surface area (TPSA) is 290 Å². The summed E-state index contributed by atoms with van der Waals surface area (Å²) in [6, 6.07) is 0. The Balaban J connectivity index is 0. The molecular weight excluding hydrogens is 1600 g/mol. The van der Waals surface area contributed by atoms with Crippen molar-refractivity contribution in [3.63, 3.8) is 0 Å². The molecule has 0 aromatic carbocycles. The number of alkyl halides is 8. The molecule has 19 nitrogen and oxygen atoms in total. The number of ketones is 5. The maximum absolute atomic E-state index is 14.9. The molecule has 4 N–H and O–H groups in total. The van der Waals surface area contributed by atoms with Gasteiger partial charge >= 0.3 is 41.6 Å². The molecule has 0 radical (unpaired) electrons. The van der Waals surface area contributed by atoms with Crippen LogP contribution in [0.4, 0.5) is 35.1 Å². The predicted molar refractivity (Wildman–Crippen MR) is 453 cm³/mol. The normalized spacial score (nSPS) is 24.5. The number of aliphatic hydroxyl groups is 3. The number of unbranched alkanes of at least 4 members (excludes halogenated alkanes) is 9. The van der Waals surface area contributed by atoms with Crippen molar-refractivity contribution in [1.82, 2.24) is 0 Å². The molecule has 4 aliphatic carbocycles. The lowest BCUT2D eigenvalue weighted by molar-refractivity contribution is -0.297. The van der Waals surface area contributed by atoms with E-state index in [1.165, 1.54) is 27.4 Å². The molecule has 3 saturated carbocycles. The van der Waals surface area contributed by atoms with Crippen molar-refractivity contribution >= 4 is 77.2 Å². The zero-order chi connectivity index (χ0) is 87.1. The number of rotatable bonds is 48. The number of esters is 3. The van der Waals surface area contributed by atoms with Gasteiger partial charge in [-0.1, -0.05) is 150 Å². The first-order valence-electron chi connectivity index (χ1n) is 42.1. The van der Waals surface area contributed by atoms with Gasteiger partial charge in [0.25, 0.3) is 5.92 Å². The van der Waals surface area contributed by atoms with Crippen LogP contribution in [0.3, 0.4) is 0 Å². The van der Waals surface area contributed by atoms with E-state index in [4.69, 9.17) is 14.7 Å². The van der Waals surface area contributed by atoms with E-state index in [2.05, 4.69) is 50.8 Å². The molecule has 690 valence electrons. The molecule has 119 heavy (non-hydrogen) atoms. The van der Waals surface area contributed by atoms with Crippen molar-refractivity contribution in [2.45, 2.75) is 371 Å². The molecule has 0 aromatic heterocycles. The van der Waals surface area contributed by atoms with Crippen LogP contribution in [0.15, 0.2) is 60.8 Å². The molecule has 6 aliphatic rings. The molecule has 2 saturated heterocycles. The fraction of sp³-hybridized carbons (Fsp3) is 0.789. The Kier molecular flexibility index (Phi) is 59.6. The van der Waals surface area contributed by atoms with Crippen LogP contribution in [0, 0.1) is 47.3 Å². The Hall–Kier alpha value is -5.17. The zero-order valence-corrected chi connectivity index (χ0v) is 71.7. The summed E-state index contributed by atoms with van der Waals surface area (Å²) in [6.45, 7) is 10.9.